The highest BCUT2D eigenvalue weighted by atomic mass is 16.4. The molecule has 102 valence electrons. The monoisotopic (exact) mass is 255 g/mol. The van der Waals surface area contributed by atoms with Crippen LogP contribution in [0, 0.1) is 0 Å². The predicted octanol–water partition coefficient (Wildman–Crippen LogP) is 0.341. The maximum absolute atomic E-state index is 12.1. The van der Waals surface area contributed by atoms with Gasteiger partial charge in [0, 0.05) is 26.2 Å². The van der Waals surface area contributed by atoms with Crippen LogP contribution in [0.1, 0.15) is 25.7 Å². The van der Waals surface area contributed by atoms with Gasteiger partial charge in [-0.3, -0.25) is 4.79 Å². The number of carbonyl (C=O) groups is 2. The van der Waals surface area contributed by atoms with Gasteiger partial charge in [-0.25, -0.2) is 4.79 Å². The van der Waals surface area contributed by atoms with E-state index in [1.807, 2.05) is 7.05 Å². The van der Waals surface area contributed by atoms with Gasteiger partial charge in [-0.15, -0.1) is 0 Å². The Hall–Kier alpha value is -1.30. The average molecular weight is 255 g/mol. The zero-order chi connectivity index (χ0) is 13.2. The summed E-state index contributed by atoms with van der Waals surface area (Å²) in [6.07, 6.45) is 2.58. The summed E-state index contributed by atoms with van der Waals surface area (Å²) >= 11 is 0. The van der Waals surface area contributed by atoms with Crippen molar-refractivity contribution in [2.45, 2.75) is 31.2 Å². The lowest BCUT2D eigenvalue weighted by molar-refractivity contribution is -0.139. The van der Waals surface area contributed by atoms with Gasteiger partial charge < -0.3 is 20.2 Å². The van der Waals surface area contributed by atoms with E-state index < -0.39 is 11.5 Å². The van der Waals surface area contributed by atoms with Crippen molar-refractivity contribution in [2.24, 2.45) is 0 Å². The van der Waals surface area contributed by atoms with Gasteiger partial charge in [0.2, 0.25) is 0 Å². The molecule has 2 fully saturated rings. The first kappa shape index (κ1) is 13.1. The summed E-state index contributed by atoms with van der Waals surface area (Å²) in [5.74, 6) is -0.839. The molecule has 6 heteroatoms. The van der Waals surface area contributed by atoms with E-state index in [1.165, 1.54) is 0 Å². The number of amides is 2. The molecule has 1 aliphatic carbocycles. The van der Waals surface area contributed by atoms with E-state index in [4.69, 9.17) is 5.11 Å². The largest absolute Gasteiger partial charge is 0.481 e. The van der Waals surface area contributed by atoms with E-state index in [2.05, 4.69) is 10.2 Å². The summed E-state index contributed by atoms with van der Waals surface area (Å²) < 4.78 is 0. The van der Waals surface area contributed by atoms with Crippen molar-refractivity contribution in [1.82, 2.24) is 15.1 Å². The number of rotatable bonds is 3. The van der Waals surface area contributed by atoms with E-state index in [-0.39, 0.29) is 12.5 Å². The molecule has 2 N–H and O–H groups in total. The molecule has 1 saturated carbocycles. The number of aliphatic carboxylic acids is 1. The molecule has 1 aliphatic heterocycles. The SMILES string of the molecule is CN1CCN(C(=O)NC2(CC(=O)O)CCC2)CC1. The molecule has 0 aromatic carbocycles. The minimum Gasteiger partial charge on any atom is -0.481 e. The van der Waals surface area contributed by atoms with Gasteiger partial charge in [-0.1, -0.05) is 0 Å². The molecule has 1 heterocycles. The van der Waals surface area contributed by atoms with Crippen molar-refractivity contribution >= 4 is 12.0 Å². The van der Waals surface area contributed by atoms with Crippen LogP contribution in [0.3, 0.4) is 0 Å². The summed E-state index contributed by atoms with van der Waals surface area (Å²) in [4.78, 5) is 26.9. The molecule has 1 saturated heterocycles. The van der Waals surface area contributed by atoms with E-state index in [1.54, 1.807) is 4.90 Å². The molecule has 6 nitrogen and oxygen atoms in total. The van der Waals surface area contributed by atoms with Crippen molar-refractivity contribution in [3.63, 3.8) is 0 Å². The lowest BCUT2D eigenvalue weighted by Gasteiger charge is -2.43. The molecule has 0 spiro atoms. The molecule has 2 amide bonds. The minimum atomic E-state index is -0.839. The summed E-state index contributed by atoms with van der Waals surface area (Å²) in [6, 6.07) is -0.107. The van der Waals surface area contributed by atoms with Crippen molar-refractivity contribution in [3.05, 3.63) is 0 Å². The third-order valence-electron chi connectivity index (χ3n) is 3.96. The molecule has 2 rings (SSSR count). The first-order valence-corrected chi connectivity index (χ1v) is 6.48. The summed E-state index contributed by atoms with van der Waals surface area (Å²) in [7, 11) is 2.03. The minimum absolute atomic E-state index is 0.0342. The standard InChI is InChI=1S/C12H21N3O3/c1-14-5-7-15(8-6-14)11(18)13-12(3-2-4-12)9-10(16)17/h2-9H2,1H3,(H,13,18)(H,16,17). The molecule has 0 aromatic rings. The number of nitrogens with one attached hydrogen (secondary N) is 1. The Morgan fingerprint density at radius 3 is 2.28 bits per heavy atom. The number of hydrogen-bond donors (Lipinski definition) is 2. The lowest BCUT2D eigenvalue weighted by Crippen LogP contribution is -2.60. The zero-order valence-electron chi connectivity index (χ0n) is 10.8. The van der Waals surface area contributed by atoms with Crippen LogP contribution in [0.25, 0.3) is 0 Å². The van der Waals surface area contributed by atoms with Crippen LogP contribution >= 0.6 is 0 Å². The Balaban J connectivity index is 1.87. The maximum atomic E-state index is 12.1. The third-order valence-corrected chi connectivity index (χ3v) is 3.96. The highest BCUT2D eigenvalue weighted by Gasteiger charge is 2.41. The topological polar surface area (TPSA) is 72.9 Å². The Kier molecular flexibility index (Phi) is 3.75. The fourth-order valence-corrected chi connectivity index (χ4v) is 2.55. The zero-order valence-corrected chi connectivity index (χ0v) is 10.8. The number of carbonyl (C=O) groups excluding carboxylic acids is 1. The van der Waals surface area contributed by atoms with Gasteiger partial charge in [0.25, 0.3) is 0 Å². The fourth-order valence-electron chi connectivity index (χ4n) is 2.55. The van der Waals surface area contributed by atoms with Crippen molar-refractivity contribution in [1.29, 1.82) is 0 Å². The quantitative estimate of drug-likeness (QED) is 0.763. The van der Waals surface area contributed by atoms with Gasteiger partial charge in [-0.2, -0.15) is 0 Å². The van der Waals surface area contributed by atoms with Gasteiger partial charge >= 0.3 is 12.0 Å². The van der Waals surface area contributed by atoms with Crippen LogP contribution in [-0.4, -0.2) is 65.7 Å². The Morgan fingerprint density at radius 2 is 1.83 bits per heavy atom. The number of carboxylic acid groups (broad SMARTS) is 1. The predicted molar refractivity (Wildman–Crippen MR) is 66.4 cm³/mol. The van der Waals surface area contributed by atoms with Crippen LogP contribution in [0.15, 0.2) is 0 Å². The number of nitrogens with zero attached hydrogens (tertiary/aromatic N) is 2. The molecule has 0 unspecified atom stereocenters. The Bertz CT molecular complexity index is 333. The summed E-state index contributed by atoms with van der Waals surface area (Å²) in [6.45, 7) is 3.18. The Labute approximate surface area is 107 Å². The second-order valence-electron chi connectivity index (χ2n) is 5.42. The highest BCUT2D eigenvalue weighted by Crippen LogP contribution is 2.35. The molecule has 0 radical (unpaired) electrons. The molecular weight excluding hydrogens is 234 g/mol. The van der Waals surface area contributed by atoms with Crippen LogP contribution in [0.5, 0.6) is 0 Å². The first-order valence-electron chi connectivity index (χ1n) is 6.48. The maximum Gasteiger partial charge on any atom is 0.317 e. The lowest BCUT2D eigenvalue weighted by atomic mass is 9.74. The molecule has 18 heavy (non-hydrogen) atoms. The number of hydrogen-bond acceptors (Lipinski definition) is 3. The summed E-state index contributed by atoms with van der Waals surface area (Å²) in [5, 5.41) is 11.8. The van der Waals surface area contributed by atoms with Crippen LogP contribution in [0.2, 0.25) is 0 Å². The van der Waals surface area contributed by atoms with E-state index >= 15 is 0 Å². The molecule has 0 bridgehead atoms. The van der Waals surface area contributed by atoms with Gasteiger partial charge in [0.05, 0.1) is 12.0 Å². The fraction of sp³-hybridized carbons (Fsp3) is 0.833. The van der Waals surface area contributed by atoms with Crippen LogP contribution < -0.4 is 5.32 Å². The first-order chi connectivity index (χ1) is 8.51. The van der Waals surface area contributed by atoms with Crippen LogP contribution in [-0.2, 0) is 4.79 Å². The number of piperazine rings is 1. The van der Waals surface area contributed by atoms with Gasteiger partial charge in [0.1, 0.15) is 0 Å². The van der Waals surface area contributed by atoms with Crippen molar-refractivity contribution < 1.29 is 14.7 Å². The van der Waals surface area contributed by atoms with Crippen molar-refractivity contribution in [3.8, 4) is 0 Å². The molecule has 0 aromatic heterocycles. The normalized spacial score (nSPS) is 23.3. The van der Waals surface area contributed by atoms with Gasteiger partial charge in [0.15, 0.2) is 0 Å². The highest BCUT2D eigenvalue weighted by molar-refractivity contribution is 5.77. The molecular formula is C12H21N3O3. The molecule has 2 aliphatic rings. The number of likely N-dealkylation sites (N-methyl/N-ethyl adjacent to an activating group) is 1. The third kappa shape index (κ3) is 2.93. The number of carboxylic acids is 1. The second kappa shape index (κ2) is 5.14. The smallest absolute Gasteiger partial charge is 0.317 e. The average Bonchev–Trinajstić information content (AvgIpc) is 2.26. The number of urea groups is 1. The van der Waals surface area contributed by atoms with E-state index in [0.29, 0.717) is 13.1 Å². The van der Waals surface area contributed by atoms with Gasteiger partial charge in [-0.05, 0) is 26.3 Å². The van der Waals surface area contributed by atoms with E-state index in [0.717, 1.165) is 32.4 Å². The Morgan fingerprint density at radius 1 is 1.22 bits per heavy atom. The summed E-state index contributed by atoms with van der Waals surface area (Å²) in [5.41, 5.74) is -0.494. The van der Waals surface area contributed by atoms with Crippen molar-refractivity contribution in [2.75, 3.05) is 33.2 Å². The second-order valence-corrected chi connectivity index (χ2v) is 5.42. The molecule has 0 atom stereocenters. The van der Waals surface area contributed by atoms with Crippen LogP contribution in [0.4, 0.5) is 4.79 Å². The van der Waals surface area contributed by atoms with E-state index in [9.17, 15) is 9.59 Å².